The standard InChI is InChI=1S/C13H17NO4/c1-8-4-5-11(6-9(8)2)14-12(15)7-18-10(3)13(16)17/h4-6,10H,7H2,1-3H3,(H,14,15)(H,16,17). The van der Waals surface area contributed by atoms with Crippen LogP contribution in [0.5, 0.6) is 0 Å². The van der Waals surface area contributed by atoms with E-state index in [0.717, 1.165) is 11.1 Å². The lowest BCUT2D eigenvalue weighted by molar-refractivity contribution is -0.150. The Labute approximate surface area is 106 Å². The van der Waals surface area contributed by atoms with Crippen molar-refractivity contribution in [1.29, 1.82) is 0 Å². The maximum absolute atomic E-state index is 11.5. The number of benzene rings is 1. The molecule has 0 fully saturated rings. The summed E-state index contributed by atoms with van der Waals surface area (Å²) in [5, 5.41) is 11.2. The van der Waals surface area contributed by atoms with E-state index in [-0.39, 0.29) is 12.5 Å². The fourth-order valence-electron chi connectivity index (χ4n) is 1.29. The maximum Gasteiger partial charge on any atom is 0.332 e. The number of anilines is 1. The number of nitrogens with one attached hydrogen (secondary N) is 1. The molecule has 0 saturated heterocycles. The minimum absolute atomic E-state index is 0.277. The number of carboxylic acids is 1. The molecule has 0 aliphatic heterocycles. The van der Waals surface area contributed by atoms with Crippen LogP contribution in [0.4, 0.5) is 5.69 Å². The van der Waals surface area contributed by atoms with Gasteiger partial charge in [0.1, 0.15) is 6.61 Å². The van der Waals surface area contributed by atoms with Gasteiger partial charge in [0.05, 0.1) is 0 Å². The third-order valence-electron chi connectivity index (χ3n) is 2.60. The molecule has 5 heteroatoms. The van der Waals surface area contributed by atoms with E-state index in [1.165, 1.54) is 6.92 Å². The molecule has 0 saturated carbocycles. The number of carbonyl (C=O) groups is 2. The molecule has 0 aromatic heterocycles. The predicted molar refractivity (Wildman–Crippen MR) is 67.6 cm³/mol. The van der Waals surface area contributed by atoms with E-state index < -0.39 is 12.1 Å². The summed E-state index contributed by atoms with van der Waals surface area (Å²) in [5.74, 6) is -1.46. The van der Waals surface area contributed by atoms with Crippen molar-refractivity contribution in [2.24, 2.45) is 0 Å². The van der Waals surface area contributed by atoms with Gasteiger partial charge in [0.15, 0.2) is 6.10 Å². The number of ether oxygens (including phenoxy) is 1. The zero-order valence-electron chi connectivity index (χ0n) is 10.7. The predicted octanol–water partition coefficient (Wildman–Crippen LogP) is 1.73. The van der Waals surface area contributed by atoms with Crippen LogP contribution in [-0.2, 0) is 14.3 Å². The summed E-state index contributed by atoms with van der Waals surface area (Å²) in [6.45, 7) is 5.04. The van der Waals surface area contributed by atoms with Gasteiger partial charge in [0.25, 0.3) is 0 Å². The molecule has 98 valence electrons. The Bertz CT molecular complexity index is 456. The maximum atomic E-state index is 11.5. The van der Waals surface area contributed by atoms with Crippen molar-refractivity contribution < 1.29 is 19.4 Å². The second-order valence-corrected chi connectivity index (χ2v) is 4.14. The zero-order chi connectivity index (χ0) is 13.7. The van der Waals surface area contributed by atoms with E-state index in [1.807, 2.05) is 26.0 Å². The Kier molecular flexibility index (Phi) is 4.85. The van der Waals surface area contributed by atoms with Crippen LogP contribution in [0.15, 0.2) is 18.2 Å². The van der Waals surface area contributed by atoms with Crippen LogP contribution in [0.3, 0.4) is 0 Å². The van der Waals surface area contributed by atoms with Gasteiger partial charge in [-0.05, 0) is 44.0 Å². The molecule has 1 amide bonds. The fourth-order valence-corrected chi connectivity index (χ4v) is 1.29. The largest absolute Gasteiger partial charge is 0.479 e. The highest BCUT2D eigenvalue weighted by Crippen LogP contribution is 2.13. The Hall–Kier alpha value is -1.88. The third kappa shape index (κ3) is 4.18. The van der Waals surface area contributed by atoms with E-state index in [2.05, 4.69) is 5.32 Å². The monoisotopic (exact) mass is 251 g/mol. The molecule has 0 aliphatic rings. The summed E-state index contributed by atoms with van der Waals surface area (Å²) in [5.41, 5.74) is 2.89. The lowest BCUT2D eigenvalue weighted by Gasteiger charge is -2.10. The summed E-state index contributed by atoms with van der Waals surface area (Å²) in [4.78, 5) is 22.0. The first-order valence-electron chi connectivity index (χ1n) is 5.61. The van der Waals surface area contributed by atoms with Crippen molar-refractivity contribution in [2.45, 2.75) is 26.9 Å². The first-order chi connectivity index (χ1) is 8.40. The van der Waals surface area contributed by atoms with Gasteiger partial charge in [-0.3, -0.25) is 4.79 Å². The van der Waals surface area contributed by atoms with Gasteiger partial charge < -0.3 is 15.2 Å². The van der Waals surface area contributed by atoms with Crippen LogP contribution in [0.1, 0.15) is 18.1 Å². The van der Waals surface area contributed by atoms with Gasteiger partial charge in [-0.25, -0.2) is 4.79 Å². The number of aliphatic carboxylic acids is 1. The summed E-state index contributed by atoms with van der Waals surface area (Å²) < 4.78 is 4.88. The lowest BCUT2D eigenvalue weighted by Crippen LogP contribution is -2.26. The number of carboxylic acid groups (broad SMARTS) is 1. The van der Waals surface area contributed by atoms with Gasteiger partial charge in [0.2, 0.25) is 5.91 Å². The Morgan fingerprint density at radius 3 is 2.56 bits per heavy atom. The zero-order valence-corrected chi connectivity index (χ0v) is 10.7. The van der Waals surface area contributed by atoms with E-state index >= 15 is 0 Å². The highest BCUT2D eigenvalue weighted by molar-refractivity contribution is 5.92. The molecule has 0 spiro atoms. The van der Waals surface area contributed by atoms with Gasteiger partial charge in [0, 0.05) is 5.69 Å². The molecule has 2 N–H and O–H groups in total. The van der Waals surface area contributed by atoms with Crippen molar-refractivity contribution >= 4 is 17.6 Å². The minimum Gasteiger partial charge on any atom is -0.479 e. The van der Waals surface area contributed by atoms with Crippen LogP contribution in [-0.4, -0.2) is 29.7 Å². The highest BCUT2D eigenvalue weighted by Gasteiger charge is 2.13. The summed E-state index contributed by atoms with van der Waals surface area (Å²) >= 11 is 0. The van der Waals surface area contributed by atoms with Crippen molar-refractivity contribution in [2.75, 3.05) is 11.9 Å². The molecular formula is C13H17NO4. The number of rotatable bonds is 5. The molecule has 1 aromatic rings. The topological polar surface area (TPSA) is 75.6 Å². The normalized spacial score (nSPS) is 11.9. The minimum atomic E-state index is -1.09. The Balaban J connectivity index is 2.49. The molecule has 0 bridgehead atoms. The molecule has 1 aromatic carbocycles. The van der Waals surface area contributed by atoms with E-state index in [0.29, 0.717) is 5.69 Å². The molecule has 18 heavy (non-hydrogen) atoms. The summed E-state index contributed by atoms with van der Waals surface area (Å²) in [6.07, 6.45) is -0.990. The van der Waals surface area contributed by atoms with Crippen LogP contribution in [0.2, 0.25) is 0 Å². The molecule has 0 radical (unpaired) electrons. The number of hydrogen-bond donors (Lipinski definition) is 2. The SMILES string of the molecule is Cc1ccc(NC(=O)COC(C)C(=O)O)cc1C. The van der Waals surface area contributed by atoms with Crippen LogP contribution < -0.4 is 5.32 Å². The van der Waals surface area contributed by atoms with Crippen LogP contribution >= 0.6 is 0 Å². The van der Waals surface area contributed by atoms with Gasteiger partial charge in [-0.1, -0.05) is 6.07 Å². The fraction of sp³-hybridized carbons (Fsp3) is 0.385. The number of aryl methyl sites for hydroxylation is 2. The summed E-state index contributed by atoms with van der Waals surface area (Å²) in [7, 11) is 0. The van der Waals surface area contributed by atoms with Crippen LogP contribution in [0.25, 0.3) is 0 Å². The summed E-state index contributed by atoms with van der Waals surface area (Å²) in [6, 6.07) is 5.56. The molecule has 0 aliphatic carbocycles. The second kappa shape index (κ2) is 6.16. The molecule has 1 atom stereocenters. The first kappa shape index (κ1) is 14.2. The number of carbonyl (C=O) groups excluding carboxylic acids is 1. The number of amides is 1. The average Bonchev–Trinajstić information content (AvgIpc) is 2.30. The van der Waals surface area contributed by atoms with Crippen LogP contribution in [0, 0.1) is 13.8 Å². The van der Waals surface area contributed by atoms with E-state index in [9.17, 15) is 9.59 Å². The highest BCUT2D eigenvalue weighted by atomic mass is 16.5. The third-order valence-corrected chi connectivity index (χ3v) is 2.60. The molecule has 1 rings (SSSR count). The van der Waals surface area contributed by atoms with Gasteiger partial charge in [-0.2, -0.15) is 0 Å². The van der Waals surface area contributed by atoms with Crippen molar-refractivity contribution in [1.82, 2.24) is 0 Å². The second-order valence-electron chi connectivity index (χ2n) is 4.14. The van der Waals surface area contributed by atoms with Gasteiger partial charge >= 0.3 is 5.97 Å². The van der Waals surface area contributed by atoms with E-state index in [4.69, 9.17) is 9.84 Å². The lowest BCUT2D eigenvalue weighted by atomic mass is 10.1. The van der Waals surface area contributed by atoms with Crippen molar-refractivity contribution in [3.05, 3.63) is 29.3 Å². The van der Waals surface area contributed by atoms with Crippen molar-refractivity contribution in [3.8, 4) is 0 Å². The molecule has 5 nitrogen and oxygen atoms in total. The first-order valence-corrected chi connectivity index (χ1v) is 5.61. The van der Waals surface area contributed by atoms with Crippen molar-refractivity contribution in [3.63, 3.8) is 0 Å². The molecule has 1 unspecified atom stereocenters. The van der Waals surface area contributed by atoms with Gasteiger partial charge in [-0.15, -0.1) is 0 Å². The molecule has 0 heterocycles. The Morgan fingerprint density at radius 2 is 2.00 bits per heavy atom. The quantitative estimate of drug-likeness (QED) is 0.835. The Morgan fingerprint density at radius 1 is 1.33 bits per heavy atom. The smallest absolute Gasteiger partial charge is 0.332 e. The van der Waals surface area contributed by atoms with E-state index in [1.54, 1.807) is 6.07 Å². The molecular weight excluding hydrogens is 234 g/mol. The number of hydrogen-bond acceptors (Lipinski definition) is 3. The average molecular weight is 251 g/mol.